The molecule has 0 aliphatic carbocycles. The van der Waals surface area contributed by atoms with Crippen molar-refractivity contribution in [2.75, 3.05) is 77.5 Å². The maximum Gasteiger partial charge on any atom is 0.293 e. The first-order valence-corrected chi connectivity index (χ1v) is 9.85. The minimum absolute atomic E-state index is 0.0352. The van der Waals surface area contributed by atoms with Crippen LogP contribution in [0.15, 0.2) is 18.2 Å². The van der Waals surface area contributed by atoms with Crippen molar-refractivity contribution in [1.82, 2.24) is 15.1 Å². The number of nitro benzene ring substituents is 1. The Labute approximate surface area is 165 Å². The van der Waals surface area contributed by atoms with Gasteiger partial charge in [-0.05, 0) is 32.1 Å². The third kappa shape index (κ3) is 5.40. The first kappa shape index (κ1) is 20.5. The summed E-state index contributed by atoms with van der Waals surface area (Å²) in [5.41, 5.74) is 0.829. The van der Waals surface area contributed by atoms with E-state index in [2.05, 4.69) is 22.2 Å². The van der Waals surface area contributed by atoms with Gasteiger partial charge in [0.05, 0.1) is 18.1 Å². The molecule has 1 aromatic carbocycles. The fourth-order valence-corrected chi connectivity index (χ4v) is 3.56. The predicted molar refractivity (Wildman–Crippen MR) is 107 cm³/mol. The largest absolute Gasteiger partial charge is 0.378 e. The minimum Gasteiger partial charge on any atom is -0.378 e. The fourth-order valence-electron chi connectivity index (χ4n) is 3.56. The van der Waals surface area contributed by atoms with Gasteiger partial charge in [0.1, 0.15) is 5.69 Å². The second-order valence-electron chi connectivity index (χ2n) is 7.31. The molecule has 9 heteroatoms. The van der Waals surface area contributed by atoms with Gasteiger partial charge in [0.15, 0.2) is 0 Å². The van der Waals surface area contributed by atoms with Crippen molar-refractivity contribution in [3.8, 4) is 0 Å². The zero-order valence-corrected chi connectivity index (χ0v) is 16.4. The molecule has 2 fully saturated rings. The average Bonchev–Trinajstić information content (AvgIpc) is 2.72. The number of ether oxygens (including phenoxy) is 1. The Morgan fingerprint density at radius 3 is 2.57 bits per heavy atom. The van der Waals surface area contributed by atoms with Gasteiger partial charge in [-0.2, -0.15) is 0 Å². The van der Waals surface area contributed by atoms with E-state index in [0.717, 1.165) is 39.1 Å². The standard InChI is InChI=1S/C19H29N5O4/c1-21-7-9-22(10-8-21)6-2-5-20-19(25)16-3-4-17(18(15-16)24(26)27)23-11-13-28-14-12-23/h3-4,15H,2,5-14H2,1H3,(H,20,25). The fraction of sp³-hybridized carbons (Fsp3) is 0.632. The molecule has 0 saturated carbocycles. The molecule has 0 spiro atoms. The molecule has 0 atom stereocenters. The van der Waals surface area contributed by atoms with E-state index in [4.69, 9.17) is 4.74 Å². The molecule has 1 amide bonds. The molecule has 3 rings (SSSR count). The normalized spacial score (nSPS) is 18.8. The first-order chi connectivity index (χ1) is 13.5. The number of rotatable bonds is 7. The van der Waals surface area contributed by atoms with E-state index in [1.165, 1.54) is 6.07 Å². The lowest BCUT2D eigenvalue weighted by Crippen LogP contribution is -2.45. The molecular formula is C19H29N5O4. The Morgan fingerprint density at radius 1 is 1.18 bits per heavy atom. The second-order valence-corrected chi connectivity index (χ2v) is 7.31. The van der Waals surface area contributed by atoms with Crippen molar-refractivity contribution in [1.29, 1.82) is 0 Å². The van der Waals surface area contributed by atoms with Gasteiger partial charge in [-0.3, -0.25) is 14.9 Å². The van der Waals surface area contributed by atoms with Crippen LogP contribution in [0.25, 0.3) is 0 Å². The van der Waals surface area contributed by atoms with Crippen molar-refractivity contribution < 1.29 is 14.5 Å². The zero-order chi connectivity index (χ0) is 19.9. The quantitative estimate of drug-likeness (QED) is 0.418. The lowest BCUT2D eigenvalue weighted by Gasteiger charge is -2.32. The molecule has 9 nitrogen and oxygen atoms in total. The molecule has 0 radical (unpaired) electrons. The van der Waals surface area contributed by atoms with Crippen molar-refractivity contribution in [2.45, 2.75) is 6.42 Å². The van der Waals surface area contributed by atoms with Crippen LogP contribution in [0.1, 0.15) is 16.8 Å². The number of piperazine rings is 1. The molecule has 2 heterocycles. The topological polar surface area (TPSA) is 91.2 Å². The molecule has 154 valence electrons. The van der Waals surface area contributed by atoms with Crippen molar-refractivity contribution in [3.63, 3.8) is 0 Å². The molecule has 0 bridgehead atoms. The van der Waals surface area contributed by atoms with Gasteiger partial charge >= 0.3 is 0 Å². The number of nitro groups is 1. The predicted octanol–water partition coefficient (Wildman–Crippen LogP) is 0.799. The number of anilines is 1. The van der Waals surface area contributed by atoms with E-state index in [-0.39, 0.29) is 11.6 Å². The Balaban J connectivity index is 1.53. The second kappa shape index (κ2) is 9.81. The van der Waals surface area contributed by atoms with Gasteiger partial charge in [-0.1, -0.05) is 0 Å². The molecule has 0 aromatic heterocycles. The van der Waals surface area contributed by atoms with Crippen LogP contribution >= 0.6 is 0 Å². The molecule has 2 aliphatic rings. The van der Waals surface area contributed by atoms with Gasteiger partial charge in [0.2, 0.25) is 0 Å². The number of carbonyl (C=O) groups is 1. The number of hydrogen-bond acceptors (Lipinski definition) is 7. The Morgan fingerprint density at radius 2 is 1.89 bits per heavy atom. The van der Waals surface area contributed by atoms with Crippen molar-refractivity contribution in [3.05, 3.63) is 33.9 Å². The maximum atomic E-state index is 12.4. The summed E-state index contributed by atoms with van der Waals surface area (Å²) in [7, 11) is 2.13. The molecule has 1 aromatic rings. The molecule has 1 N–H and O–H groups in total. The van der Waals surface area contributed by atoms with Crippen LogP contribution in [-0.2, 0) is 4.74 Å². The number of morpholine rings is 1. The number of hydrogen-bond donors (Lipinski definition) is 1. The van der Waals surface area contributed by atoms with E-state index in [0.29, 0.717) is 44.1 Å². The van der Waals surface area contributed by atoms with Gasteiger partial charge in [0.25, 0.3) is 11.6 Å². The molecule has 2 saturated heterocycles. The highest BCUT2D eigenvalue weighted by molar-refractivity contribution is 5.95. The summed E-state index contributed by atoms with van der Waals surface area (Å²) in [6.07, 6.45) is 0.864. The van der Waals surface area contributed by atoms with Gasteiger partial charge in [-0.25, -0.2) is 0 Å². The van der Waals surface area contributed by atoms with Crippen LogP contribution in [0.4, 0.5) is 11.4 Å². The zero-order valence-electron chi connectivity index (χ0n) is 16.4. The summed E-state index contributed by atoms with van der Waals surface area (Å²) in [5.74, 6) is -0.269. The van der Waals surface area contributed by atoms with Crippen LogP contribution in [-0.4, -0.2) is 93.2 Å². The monoisotopic (exact) mass is 391 g/mol. The van der Waals surface area contributed by atoms with Crippen LogP contribution < -0.4 is 10.2 Å². The van der Waals surface area contributed by atoms with Gasteiger partial charge in [0, 0.05) is 57.4 Å². The van der Waals surface area contributed by atoms with E-state index in [9.17, 15) is 14.9 Å². The summed E-state index contributed by atoms with van der Waals surface area (Å²) in [5, 5.41) is 14.4. The van der Waals surface area contributed by atoms with Gasteiger partial charge < -0.3 is 24.8 Å². The number of amides is 1. The molecule has 0 unspecified atom stereocenters. The van der Waals surface area contributed by atoms with Gasteiger partial charge in [-0.15, -0.1) is 0 Å². The highest BCUT2D eigenvalue weighted by atomic mass is 16.6. The van der Waals surface area contributed by atoms with Crippen molar-refractivity contribution in [2.24, 2.45) is 0 Å². The smallest absolute Gasteiger partial charge is 0.293 e. The van der Waals surface area contributed by atoms with Crippen LogP contribution in [0.3, 0.4) is 0 Å². The molecular weight excluding hydrogens is 362 g/mol. The Bertz CT molecular complexity index is 685. The third-order valence-corrected chi connectivity index (χ3v) is 5.32. The average molecular weight is 391 g/mol. The van der Waals surface area contributed by atoms with Crippen LogP contribution in [0, 0.1) is 10.1 Å². The highest BCUT2D eigenvalue weighted by Crippen LogP contribution is 2.29. The van der Waals surface area contributed by atoms with E-state index >= 15 is 0 Å². The van der Waals surface area contributed by atoms with E-state index < -0.39 is 4.92 Å². The molecule has 2 aliphatic heterocycles. The summed E-state index contributed by atoms with van der Waals surface area (Å²) in [6, 6.07) is 4.71. The summed E-state index contributed by atoms with van der Waals surface area (Å²) in [6.45, 7) is 8.08. The summed E-state index contributed by atoms with van der Waals surface area (Å²) >= 11 is 0. The van der Waals surface area contributed by atoms with E-state index in [1.807, 2.05) is 4.90 Å². The third-order valence-electron chi connectivity index (χ3n) is 5.32. The number of nitrogens with one attached hydrogen (secondary N) is 1. The lowest BCUT2D eigenvalue weighted by molar-refractivity contribution is -0.384. The number of likely N-dealkylation sites (N-methyl/N-ethyl adjacent to an activating group) is 1. The van der Waals surface area contributed by atoms with Crippen LogP contribution in [0.2, 0.25) is 0 Å². The highest BCUT2D eigenvalue weighted by Gasteiger charge is 2.23. The Kier molecular flexibility index (Phi) is 7.18. The number of benzene rings is 1. The number of carbonyl (C=O) groups excluding carboxylic acids is 1. The number of nitrogens with zero attached hydrogens (tertiary/aromatic N) is 4. The summed E-state index contributed by atoms with van der Waals surface area (Å²) < 4.78 is 5.31. The minimum atomic E-state index is -0.422. The first-order valence-electron chi connectivity index (χ1n) is 9.85. The Hall–Kier alpha value is -2.23. The maximum absolute atomic E-state index is 12.4. The van der Waals surface area contributed by atoms with E-state index in [1.54, 1.807) is 12.1 Å². The molecule has 28 heavy (non-hydrogen) atoms. The lowest BCUT2D eigenvalue weighted by atomic mass is 10.1. The van der Waals surface area contributed by atoms with Crippen molar-refractivity contribution >= 4 is 17.3 Å². The summed E-state index contributed by atoms with van der Waals surface area (Å²) in [4.78, 5) is 30.1. The van der Waals surface area contributed by atoms with Crippen LogP contribution in [0.5, 0.6) is 0 Å². The SMILES string of the molecule is CN1CCN(CCCNC(=O)c2ccc(N3CCOCC3)c([N+](=O)[O-])c2)CC1.